The van der Waals surface area contributed by atoms with Crippen LogP contribution in [0.4, 0.5) is 101 Å². The smallest absolute Gasteiger partial charge is 0.254 e. The van der Waals surface area contributed by atoms with Crippen LogP contribution in [0.5, 0.6) is 0 Å². The normalized spacial score (nSPS) is 14.8. The van der Waals surface area contributed by atoms with E-state index >= 15 is 0 Å². The fourth-order valence-electron chi connectivity index (χ4n) is 6.25. The molecule has 10 rings (SSSR count). The van der Waals surface area contributed by atoms with E-state index in [0.717, 1.165) is 66.1 Å². The van der Waals surface area contributed by atoms with Gasteiger partial charge in [0.2, 0.25) is 0 Å². The van der Waals surface area contributed by atoms with Crippen LogP contribution in [-0.4, -0.2) is 29.9 Å². The number of hydrogen-bond donors (Lipinski definition) is 0. The molecule has 8 heterocycles. The Morgan fingerprint density at radius 3 is 0.675 bits per heavy atom. The van der Waals surface area contributed by atoms with E-state index in [0.29, 0.717) is 0 Å². The van der Waals surface area contributed by atoms with Crippen LogP contribution in [0, 0.1) is 0 Å². The molecule has 0 saturated heterocycles. The Bertz CT molecular complexity index is 3410. The maximum Gasteiger partial charge on any atom is 2.00 e. The number of hydrogen-bond acceptors (Lipinski definition) is 6. The summed E-state index contributed by atoms with van der Waals surface area (Å²) in [6, 6.07) is 40.9. The summed E-state index contributed by atoms with van der Waals surface area (Å²) < 4.78 is 241. The van der Waals surface area contributed by atoms with E-state index in [1.807, 2.05) is 96.8 Å². The molecule has 0 amide bonds. The molecule has 0 unspecified atom stereocenters. The van der Waals surface area contributed by atoms with Crippen molar-refractivity contribution < 1.29 is 129 Å². The maximum atomic E-state index is 9.87. The molecule has 0 atom stereocenters. The molecular weight excluding hydrogens is 1350 g/mol. The molecule has 0 radical (unpaired) electrons. The van der Waals surface area contributed by atoms with Crippen LogP contribution in [0.25, 0.3) is 77.3 Å². The van der Waals surface area contributed by atoms with Crippen LogP contribution in [-0.2, 0) is 33.6 Å². The van der Waals surface area contributed by atoms with Gasteiger partial charge in [0.25, 0.3) is 0 Å². The van der Waals surface area contributed by atoms with Gasteiger partial charge in [-0.15, -0.1) is 0 Å². The second-order valence-electron chi connectivity index (χ2n) is 16.6. The maximum absolute atomic E-state index is 10.7. The molecular formula is C46H36F24N8P4Ru. The topological polar surface area (TPSA) is 85.1 Å². The number of aromatic nitrogens is 8. The second kappa shape index (κ2) is 22.1. The van der Waals surface area contributed by atoms with Crippen LogP contribution in [0.2, 0.25) is 0 Å². The molecule has 0 bridgehead atoms. The van der Waals surface area contributed by atoms with Gasteiger partial charge < -0.3 is 0 Å². The first kappa shape index (κ1) is 70.6. The van der Waals surface area contributed by atoms with E-state index in [1.54, 1.807) is 24.8 Å². The van der Waals surface area contributed by atoms with Crippen molar-refractivity contribution in [2.75, 3.05) is 0 Å². The van der Waals surface area contributed by atoms with Crippen molar-refractivity contribution in [3.8, 4) is 33.6 Å². The Kier molecular flexibility index (Phi) is 18.8. The van der Waals surface area contributed by atoms with E-state index in [2.05, 4.69) is 115 Å². The molecule has 37 heteroatoms. The van der Waals surface area contributed by atoms with E-state index in [-0.39, 0.29) is 19.5 Å². The van der Waals surface area contributed by atoms with Crippen molar-refractivity contribution in [2.45, 2.75) is 0 Å². The molecule has 10 aromatic rings. The van der Waals surface area contributed by atoms with Gasteiger partial charge in [-0.3, -0.25) is 29.9 Å². The Labute approximate surface area is 463 Å². The molecule has 0 aliphatic carbocycles. The van der Waals surface area contributed by atoms with E-state index in [1.165, 1.54) is 11.1 Å². The first-order valence-corrected chi connectivity index (χ1v) is 29.8. The molecule has 0 fully saturated rings. The van der Waals surface area contributed by atoms with Crippen LogP contribution < -0.4 is 9.13 Å². The van der Waals surface area contributed by atoms with Gasteiger partial charge in [0.05, 0.1) is 33.5 Å². The number of halogens is 24. The van der Waals surface area contributed by atoms with Crippen LogP contribution >= 0.6 is 31.2 Å². The third-order valence-electron chi connectivity index (χ3n) is 9.10. The summed E-state index contributed by atoms with van der Waals surface area (Å²) in [5.41, 5.74) is 10.3. The van der Waals surface area contributed by atoms with Gasteiger partial charge in [0, 0.05) is 83.0 Å². The zero-order chi connectivity index (χ0) is 62.3. The fraction of sp³-hybridized carbons (Fsp3) is 0.0435. The fourth-order valence-corrected chi connectivity index (χ4v) is 6.25. The van der Waals surface area contributed by atoms with Crippen LogP contribution in [0.1, 0.15) is 0 Å². The van der Waals surface area contributed by atoms with Gasteiger partial charge in [-0.1, -0.05) is 48.5 Å². The van der Waals surface area contributed by atoms with Gasteiger partial charge in [-0.25, -0.2) is 9.13 Å². The second-order valence-corrected chi connectivity index (χ2v) is 24.3. The first-order valence-electron chi connectivity index (χ1n) is 21.7. The standard InChI is InChI=1S/C22H20N4.2C12H8N2.4F6P.Ru/c1-25-11-5-17(6-12-25)19-3-9-23-21(15-19)22-16-20(4-10-24-22)18-7-13-26(2)14-8-18;2*1-3-9-5-6-10-4-2-8-14-12(10)11(9)13-7-1;4*1-7(2,3,4,5)6;/h3-16H,1-2H3;2*1-8H;;;;;/q+2;;;4*-1;+2. The van der Waals surface area contributed by atoms with Gasteiger partial charge in [-0.05, 0) is 70.8 Å². The Morgan fingerprint density at radius 1 is 0.265 bits per heavy atom. The molecule has 2 aromatic carbocycles. The van der Waals surface area contributed by atoms with Crippen molar-refractivity contribution in [1.29, 1.82) is 0 Å². The third kappa shape index (κ3) is 35.2. The predicted octanol–water partition coefficient (Wildman–Crippen LogP) is 22.2. The van der Waals surface area contributed by atoms with Crippen LogP contribution in [0.15, 0.2) is 183 Å². The molecule has 8 nitrogen and oxygen atoms in total. The minimum absolute atomic E-state index is 0. The molecule has 0 N–H and O–H groups in total. The van der Waals surface area contributed by atoms with E-state index < -0.39 is 31.2 Å². The number of nitrogens with zero attached hydrogens (tertiary/aromatic N) is 8. The van der Waals surface area contributed by atoms with E-state index in [4.69, 9.17) is 0 Å². The average molecular weight is 1380 g/mol. The molecule has 83 heavy (non-hydrogen) atoms. The SMILES string of the molecule is C[n+]1ccc(-c2ccnc(-c3cc(-c4cc[n+](C)cc4)ccn3)c2)cc1.F[P-](F)(F)(F)(F)F.F[P-](F)(F)(F)(F)F.F[P-](F)(F)(F)(F)F.F[P-](F)(F)(F)(F)F.[Ru+2].c1cnc2c(c1)ccc1cccnc12.c1cnc2c(c1)ccc1cccnc12. The Morgan fingerprint density at radius 2 is 0.470 bits per heavy atom. The van der Waals surface area contributed by atoms with E-state index in [9.17, 15) is 101 Å². The van der Waals surface area contributed by atoms with Crippen molar-refractivity contribution in [3.63, 3.8) is 0 Å². The van der Waals surface area contributed by atoms with Crippen LogP contribution in [0.3, 0.4) is 0 Å². The zero-order valence-corrected chi connectivity index (χ0v) is 46.4. The van der Waals surface area contributed by atoms with Crippen molar-refractivity contribution in [1.82, 2.24) is 29.9 Å². The Hall–Kier alpha value is -6.66. The van der Waals surface area contributed by atoms with Crippen molar-refractivity contribution in [2.24, 2.45) is 14.1 Å². The summed E-state index contributed by atoms with van der Waals surface area (Å²) in [7, 11) is -38.6. The number of pyridine rings is 8. The largest absolute Gasteiger partial charge is 2.00 e. The first-order chi connectivity index (χ1) is 36.4. The summed E-state index contributed by atoms with van der Waals surface area (Å²) in [5, 5.41) is 4.55. The molecule has 8 aromatic heterocycles. The van der Waals surface area contributed by atoms with Crippen molar-refractivity contribution in [3.05, 3.63) is 183 Å². The molecule has 0 saturated carbocycles. The number of fused-ring (bicyclic) bond motifs is 6. The van der Waals surface area contributed by atoms with Crippen molar-refractivity contribution >= 4 is 74.8 Å². The quantitative estimate of drug-likeness (QED) is 0.0576. The Balaban J connectivity index is 0.000000274. The molecule has 456 valence electrons. The summed E-state index contributed by atoms with van der Waals surface area (Å²) in [4.78, 5) is 26.4. The summed E-state index contributed by atoms with van der Waals surface area (Å²) in [6.45, 7) is 0. The van der Waals surface area contributed by atoms with Gasteiger partial charge in [-0.2, -0.15) is 0 Å². The molecule has 0 aliphatic rings. The summed E-state index contributed by atoms with van der Waals surface area (Å²) in [5.74, 6) is 0. The minimum atomic E-state index is -10.7. The summed E-state index contributed by atoms with van der Waals surface area (Å²) >= 11 is 0. The molecule has 0 aliphatic heterocycles. The third-order valence-corrected chi connectivity index (χ3v) is 9.10. The van der Waals surface area contributed by atoms with Gasteiger partial charge in [0.15, 0.2) is 24.8 Å². The zero-order valence-electron chi connectivity index (χ0n) is 41.1. The van der Waals surface area contributed by atoms with Gasteiger partial charge >= 0.3 is 151 Å². The van der Waals surface area contributed by atoms with Gasteiger partial charge in [0.1, 0.15) is 14.1 Å². The number of benzene rings is 2. The number of rotatable bonds is 3. The molecule has 0 spiro atoms. The summed E-state index contributed by atoms with van der Waals surface area (Å²) in [6.07, 6.45) is 19.1. The minimum Gasteiger partial charge on any atom is -0.254 e. The average Bonchev–Trinajstić information content (AvgIpc) is 3.31. The predicted molar refractivity (Wildman–Crippen MR) is 269 cm³/mol. The monoisotopic (exact) mass is 1380 g/mol. The number of aryl methyl sites for hydroxylation is 2.